The van der Waals surface area contributed by atoms with Crippen LogP contribution in [0.2, 0.25) is 0 Å². The molecule has 112 valence electrons. The number of anilines is 1. The molecule has 1 unspecified atom stereocenters. The first kappa shape index (κ1) is 16.8. The lowest BCUT2D eigenvalue weighted by Gasteiger charge is -2.07. The topological polar surface area (TPSA) is 93.2 Å². The van der Waals surface area contributed by atoms with Crippen LogP contribution in [-0.4, -0.2) is 41.3 Å². The van der Waals surface area contributed by atoms with Gasteiger partial charge in [-0.2, -0.15) is 0 Å². The van der Waals surface area contributed by atoms with Gasteiger partial charge in [-0.15, -0.1) is 22.6 Å². The summed E-state index contributed by atoms with van der Waals surface area (Å²) < 4.78 is 4.82. The fourth-order valence-corrected chi connectivity index (χ4v) is 2.54. The van der Waals surface area contributed by atoms with Gasteiger partial charge in [0.25, 0.3) is 0 Å². The molecule has 1 aliphatic heterocycles. The van der Waals surface area contributed by atoms with Crippen molar-refractivity contribution in [3.05, 3.63) is 5.01 Å². The Morgan fingerprint density at radius 3 is 2.95 bits per heavy atom. The molecule has 9 heteroatoms. The maximum atomic E-state index is 11.8. The van der Waals surface area contributed by atoms with Crippen molar-refractivity contribution < 1.29 is 14.3 Å². The Kier molecular flexibility index (Phi) is 6.83. The molecule has 20 heavy (non-hydrogen) atoms. The standard InChI is InChI=1S/C11H16N4O3S.ClH/c1-2-18-9(16)6-8-14-15-11(19-8)13-10(17)7-4-3-5-12-7;/h7,12H,2-6H2,1H3,(H,13,15,17);1H. The van der Waals surface area contributed by atoms with Gasteiger partial charge < -0.3 is 10.1 Å². The number of esters is 1. The molecule has 2 rings (SSSR count). The third-order valence-corrected chi connectivity index (χ3v) is 3.51. The molecule has 2 heterocycles. The van der Waals surface area contributed by atoms with E-state index in [4.69, 9.17) is 4.74 Å². The van der Waals surface area contributed by atoms with Crippen molar-refractivity contribution in [3.8, 4) is 0 Å². The summed E-state index contributed by atoms with van der Waals surface area (Å²) in [7, 11) is 0. The van der Waals surface area contributed by atoms with Gasteiger partial charge in [-0.25, -0.2) is 0 Å². The summed E-state index contributed by atoms with van der Waals surface area (Å²) in [6.45, 7) is 2.95. The van der Waals surface area contributed by atoms with Crippen LogP contribution in [0, 0.1) is 0 Å². The number of aromatic nitrogens is 2. The van der Waals surface area contributed by atoms with Gasteiger partial charge in [0.1, 0.15) is 5.01 Å². The van der Waals surface area contributed by atoms with E-state index in [0.29, 0.717) is 16.7 Å². The van der Waals surface area contributed by atoms with E-state index in [1.54, 1.807) is 6.92 Å². The summed E-state index contributed by atoms with van der Waals surface area (Å²) in [6, 6.07) is -0.155. The number of hydrogen-bond acceptors (Lipinski definition) is 7. The number of carbonyl (C=O) groups excluding carboxylic acids is 2. The van der Waals surface area contributed by atoms with Gasteiger partial charge in [0, 0.05) is 0 Å². The van der Waals surface area contributed by atoms with Crippen molar-refractivity contribution in [1.29, 1.82) is 0 Å². The Bertz CT molecular complexity index is 462. The third kappa shape index (κ3) is 4.69. The Hall–Kier alpha value is -1.25. The van der Waals surface area contributed by atoms with Gasteiger partial charge in [0.2, 0.25) is 11.0 Å². The number of carbonyl (C=O) groups is 2. The van der Waals surface area contributed by atoms with E-state index in [2.05, 4.69) is 20.8 Å². The molecule has 0 aliphatic carbocycles. The van der Waals surface area contributed by atoms with Crippen LogP contribution in [0.3, 0.4) is 0 Å². The highest BCUT2D eigenvalue weighted by Crippen LogP contribution is 2.17. The van der Waals surface area contributed by atoms with Crippen LogP contribution in [0.25, 0.3) is 0 Å². The molecule has 1 saturated heterocycles. The van der Waals surface area contributed by atoms with E-state index in [1.165, 1.54) is 11.3 Å². The average molecular weight is 321 g/mol. The summed E-state index contributed by atoms with van der Waals surface area (Å²) in [4.78, 5) is 23.1. The minimum absolute atomic E-state index is 0. The van der Waals surface area contributed by atoms with E-state index < -0.39 is 0 Å². The van der Waals surface area contributed by atoms with Crippen LogP contribution < -0.4 is 10.6 Å². The Morgan fingerprint density at radius 2 is 2.30 bits per heavy atom. The number of nitrogens with one attached hydrogen (secondary N) is 2. The molecule has 1 fully saturated rings. The minimum atomic E-state index is -0.339. The van der Waals surface area contributed by atoms with E-state index in [0.717, 1.165) is 19.4 Å². The molecular weight excluding hydrogens is 304 g/mol. The molecule has 7 nitrogen and oxygen atoms in total. The highest BCUT2D eigenvalue weighted by Gasteiger charge is 2.23. The maximum Gasteiger partial charge on any atom is 0.312 e. The fraction of sp³-hybridized carbons (Fsp3) is 0.636. The number of hydrogen-bond donors (Lipinski definition) is 2. The molecule has 0 saturated carbocycles. The zero-order valence-electron chi connectivity index (χ0n) is 11.0. The monoisotopic (exact) mass is 320 g/mol. The second-order valence-corrected chi connectivity index (χ2v) is 5.18. The lowest BCUT2D eigenvalue weighted by molar-refractivity contribution is -0.142. The smallest absolute Gasteiger partial charge is 0.312 e. The Labute approximate surface area is 126 Å². The molecular formula is C11H17ClN4O3S. The first-order valence-corrected chi connectivity index (χ1v) is 7.03. The Balaban J connectivity index is 0.00000200. The average Bonchev–Trinajstić information content (AvgIpc) is 3.00. The Morgan fingerprint density at radius 1 is 1.50 bits per heavy atom. The van der Waals surface area contributed by atoms with Crippen LogP contribution in [-0.2, 0) is 20.7 Å². The number of ether oxygens (including phenoxy) is 1. The van der Waals surface area contributed by atoms with Crippen LogP contribution in [0.1, 0.15) is 24.8 Å². The molecule has 2 N–H and O–H groups in total. The molecule has 1 aromatic rings. The maximum absolute atomic E-state index is 11.8. The third-order valence-electron chi connectivity index (χ3n) is 2.67. The molecule has 0 spiro atoms. The van der Waals surface area contributed by atoms with E-state index >= 15 is 0 Å². The summed E-state index contributed by atoms with van der Waals surface area (Å²) in [6.07, 6.45) is 1.92. The van der Waals surface area contributed by atoms with Gasteiger partial charge in [-0.05, 0) is 26.3 Å². The summed E-state index contributed by atoms with van der Waals surface area (Å²) >= 11 is 1.19. The van der Waals surface area contributed by atoms with Crippen molar-refractivity contribution in [2.45, 2.75) is 32.2 Å². The first-order valence-electron chi connectivity index (χ1n) is 6.21. The predicted molar refractivity (Wildman–Crippen MR) is 77.1 cm³/mol. The zero-order valence-corrected chi connectivity index (χ0v) is 12.7. The summed E-state index contributed by atoms with van der Waals surface area (Å²) in [5.41, 5.74) is 0. The van der Waals surface area contributed by atoms with Gasteiger partial charge in [-0.1, -0.05) is 11.3 Å². The van der Waals surface area contributed by atoms with Gasteiger partial charge in [-0.3, -0.25) is 14.9 Å². The minimum Gasteiger partial charge on any atom is -0.466 e. The zero-order chi connectivity index (χ0) is 13.7. The largest absolute Gasteiger partial charge is 0.466 e. The lowest BCUT2D eigenvalue weighted by Crippen LogP contribution is -2.35. The fourth-order valence-electron chi connectivity index (χ4n) is 1.81. The highest BCUT2D eigenvalue weighted by molar-refractivity contribution is 7.15. The number of halogens is 1. The normalized spacial score (nSPS) is 17.4. The summed E-state index contributed by atoms with van der Waals surface area (Å²) in [5.74, 6) is -0.440. The van der Waals surface area contributed by atoms with Crippen molar-refractivity contribution >= 4 is 40.8 Å². The predicted octanol–water partition coefficient (Wildman–Crippen LogP) is 0.756. The van der Waals surface area contributed by atoms with E-state index in [1.807, 2.05) is 0 Å². The molecule has 1 amide bonds. The van der Waals surface area contributed by atoms with Gasteiger partial charge in [0.15, 0.2) is 0 Å². The number of amides is 1. The molecule has 1 aliphatic rings. The molecule has 0 bridgehead atoms. The van der Waals surface area contributed by atoms with Crippen LogP contribution in [0.5, 0.6) is 0 Å². The second-order valence-electron chi connectivity index (χ2n) is 4.12. The first-order chi connectivity index (χ1) is 9.19. The van der Waals surface area contributed by atoms with Crippen LogP contribution in [0.4, 0.5) is 5.13 Å². The number of nitrogens with zero attached hydrogens (tertiary/aromatic N) is 2. The molecule has 1 aromatic heterocycles. The molecule has 0 radical (unpaired) electrons. The van der Waals surface area contributed by atoms with Gasteiger partial charge in [0.05, 0.1) is 19.1 Å². The van der Waals surface area contributed by atoms with E-state index in [-0.39, 0.29) is 36.7 Å². The number of rotatable bonds is 5. The highest BCUT2D eigenvalue weighted by atomic mass is 35.5. The summed E-state index contributed by atoms with van der Waals surface area (Å²) in [5, 5.41) is 14.4. The van der Waals surface area contributed by atoms with Crippen molar-refractivity contribution in [1.82, 2.24) is 15.5 Å². The van der Waals surface area contributed by atoms with E-state index in [9.17, 15) is 9.59 Å². The van der Waals surface area contributed by atoms with Gasteiger partial charge >= 0.3 is 5.97 Å². The quantitative estimate of drug-likeness (QED) is 0.778. The lowest BCUT2D eigenvalue weighted by atomic mass is 10.2. The van der Waals surface area contributed by atoms with Crippen molar-refractivity contribution in [2.75, 3.05) is 18.5 Å². The molecule has 1 atom stereocenters. The molecule has 0 aromatic carbocycles. The SMILES string of the molecule is CCOC(=O)Cc1nnc(NC(=O)C2CCCN2)s1.Cl. The van der Waals surface area contributed by atoms with Crippen molar-refractivity contribution in [2.24, 2.45) is 0 Å². The van der Waals surface area contributed by atoms with Crippen molar-refractivity contribution in [3.63, 3.8) is 0 Å². The second kappa shape index (κ2) is 8.13. The van der Waals surface area contributed by atoms with Crippen LogP contribution >= 0.6 is 23.7 Å². The van der Waals surface area contributed by atoms with Crippen LogP contribution in [0.15, 0.2) is 0 Å².